The molecule has 0 aliphatic carbocycles. The first kappa shape index (κ1) is 26.1. The van der Waals surface area contributed by atoms with Crippen LogP contribution in [-0.4, -0.2) is 49.3 Å². The monoisotopic (exact) mass is 546 g/mol. The summed E-state index contributed by atoms with van der Waals surface area (Å²) in [6, 6.07) is 12.6. The van der Waals surface area contributed by atoms with Gasteiger partial charge < -0.3 is 14.7 Å². The summed E-state index contributed by atoms with van der Waals surface area (Å²) in [7, 11) is 0. The molecule has 4 unspecified atom stereocenters. The third kappa shape index (κ3) is 3.40. The number of amides is 1. The molecule has 2 saturated heterocycles. The third-order valence-corrected chi connectivity index (χ3v) is 8.12. The quantitative estimate of drug-likeness (QED) is 0.491. The molecule has 3 aliphatic heterocycles. The number of fused-ring (bicyclic) bond motifs is 6. The summed E-state index contributed by atoms with van der Waals surface area (Å²) < 4.78 is 7.43. The second kappa shape index (κ2) is 8.70. The zero-order valence-electron chi connectivity index (χ0n) is 22.8. The van der Waals surface area contributed by atoms with E-state index >= 15 is 0 Å². The van der Waals surface area contributed by atoms with Crippen LogP contribution < -0.4 is 10.5 Å². The Hall–Kier alpha value is -4.09. The van der Waals surface area contributed by atoms with E-state index in [-0.39, 0.29) is 24.1 Å². The Bertz CT molecular complexity index is 1650. The Kier molecular flexibility index (Phi) is 5.69. The van der Waals surface area contributed by atoms with E-state index in [0.717, 1.165) is 0 Å². The summed E-state index contributed by atoms with van der Waals surface area (Å²) >= 11 is 0. The van der Waals surface area contributed by atoms with Crippen LogP contribution in [0.2, 0.25) is 0 Å². The SMILES string of the molecule is CC(=O)ON1C2N(C(=O)C1(C)C)c1ccccc1C21CC(n2c(C(O)C(C)C)nc3ccccc3c2=O)C(=O)O1. The molecule has 1 spiro atoms. The van der Waals surface area contributed by atoms with E-state index in [1.165, 1.54) is 21.5 Å². The van der Waals surface area contributed by atoms with Gasteiger partial charge in [-0.15, -0.1) is 0 Å². The third-order valence-electron chi connectivity index (χ3n) is 8.12. The smallest absolute Gasteiger partial charge is 0.330 e. The predicted molar refractivity (Wildman–Crippen MR) is 143 cm³/mol. The number of carbonyl (C=O) groups excluding carboxylic acids is 3. The molecule has 40 heavy (non-hydrogen) atoms. The molecule has 2 aromatic carbocycles. The molecule has 1 N–H and O–H groups in total. The van der Waals surface area contributed by atoms with Crippen molar-refractivity contribution in [3.05, 3.63) is 70.3 Å². The van der Waals surface area contributed by atoms with Crippen LogP contribution in [0, 0.1) is 5.92 Å². The maximum atomic E-state index is 13.9. The lowest BCUT2D eigenvalue weighted by atomic mass is 9.87. The van der Waals surface area contributed by atoms with Gasteiger partial charge in [0, 0.05) is 18.9 Å². The van der Waals surface area contributed by atoms with Crippen LogP contribution in [0.5, 0.6) is 0 Å². The maximum absolute atomic E-state index is 13.9. The molecular weight excluding hydrogens is 516 g/mol. The molecule has 0 radical (unpaired) electrons. The first-order chi connectivity index (χ1) is 18.9. The summed E-state index contributed by atoms with van der Waals surface area (Å²) in [6.45, 7) is 8.09. The number of benzene rings is 2. The number of ether oxygens (including phenoxy) is 1. The van der Waals surface area contributed by atoms with Crippen LogP contribution in [0.25, 0.3) is 10.9 Å². The molecule has 1 amide bonds. The minimum atomic E-state index is -1.47. The van der Waals surface area contributed by atoms with Crippen LogP contribution in [0.1, 0.15) is 64.6 Å². The van der Waals surface area contributed by atoms with Crippen LogP contribution in [-0.2, 0) is 29.6 Å². The first-order valence-electron chi connectivity index (χ1n) is 13.2. The average molecular weight is 547 g/mol. The largest absolute Gasteiger partial charge is 0.449 e. The van der Waals surface area contributed by atoms with Gasteiger partial charge in [0.2, 0.25) is 0 Å². The predicted octanol–water partition coefficient (Wildman–Crippen LogP) is 2.71. The molecule has 6 rings (SSSR count). The van der Waals surface area contributed by atoms with Crippen molar-refractivity contribution >= 4 is 34.4 Å². The summed E-state index contributed by atoms with van der Waals surface area (Å²) in [5.74, 6) is -1.93. The fourth-order valence-corrected chi connectivity index (χ4v) is 6.18. The lowest BCUT2D eigenvalue weighted by Crippen LogP contribution is -2.54. The van der Waals surface area contributed by atoms with Crippen molar-refractivity contribution in [3.63, 3.8) is 0 Å². The van der Waals surface area contributed by atoms with Crippen molar-refractivity contribution < 1.29 is 29.1 Å². The van der Waals surface area contributed by atoms with Gasteiger partial charge in [0.1, 0.15) is 23.5 Å². The van der Waals surface area contributed by atoms with Crippen LogP contribution in [0.15, 0.2) is 53.3 Å². The number of carbonyl (C=O) groups is 3. The standard InChI is InChI=1S/C29H30N4O7/c1-15(2)22(35)23-30-19-12-8-6-10-17(19)24(36)31(23)21-14-29(39-25(21)37)18-11-7-9-13-20(18)32-26(29)33(40-16(3)34)28(4,5)27(32)38/h6-13,15,21-22,26,35H,14H2,1-5H3. The van der Waals surface area contributed by atoms with E-state index in [1.807, 2.05) is 0 Å². The highest BCUT2D eigenvalue weighted by Crippen LogP contribution is 2.58. The minimum Gasteiger partial charge on any atom is -0.449 e. The lowest BCUT2D eigenvalue weighted by molar-refractivity contribution is -0.236. The topological polar surface area (TPSA) is 131 Å². The van der Waals surface area contributed by atoms with E-state index in [9.17, 15) is 24.3 Å². The highest BCUT2D eigenvalue weighted by Gasteiger charge is 2.71. The molecule has 11 nitrogen and oxygen atoms in total. The van der Waals surface area contributed by atoms with Crippen molar-refractivity contribution in [2.24, 2.45) is 5.92 Å². The summed E-state index contributed by atoms with van der Waals surface area (Å²) in [5.41, 5.74) is -1.72. The van der Waals surface area contributed by atoms with Gasteiger partial charge in [0.05, 0.1) is 16.6 Å². The number of hydrogen-bond acceptors (Lipinski definition) is 9. The number of aliphatic hydroxyl groups excluding tert-OH is 1. The van der Waals surface area contributed by atoms with Gasteiger partial charge in [-0.3, -0.25) is 23.9 Å². The second-order valence-electron chi connectivity index (χ2n) is 11.4. The maximum Gasteiger partial charge on any atom is 0.330 e. The molecule has 2 fully saturated rings. The van der Waals surface area contributed by atoms with Crippen LogP contribution in [0.3, 0.4) is 0 Å². The van der Waals surface area contributed by atoms with Gasteiger partial charge in [-0.05, 0) is 38.0 Å². The zero-order valence-corrected chi connectivity index (χ0v) is 22.8. The normalized spacial score (nSPS) is 25.9. The molecule has 208 valence electrons. The Morgan fingerprint density at radius 2 is 1.77 bits per heavy atom. The van der Waals surface area contributed by atoms with Gasteiger partial charge in [0.25, 0.3) is 11.5 Å². The first-order valence-corrected chi connectivity index (χ1v) is 13.2. The van der Waals surface area contributed by atoms with E-state index in [1.54, 1.807) is 76.2 Å². The highest BCUT2D eigenvalue weighted by atomic mass is 16.7. The Labute approximate surface area is 229 Å². The highest BCUT2D eigenvalue weighted by molar-refractivity contribution is 6.05. The summed E-state index contributed by atoms with van der Waals surface area (Å²) in [4.78, 5) is 65.3. The van der Waals surface area contributed by atoms with Crippen molar-refractivity contribution in [1.29, 1.82) is 0 Å². The number of rotatable bonds is 4. The molecule has 4 atom stereocenters. The molecule has 0 saturated carbocycles. The minimum absolute atomic E-state index is 0.0560. The Morgan fingerprint density at radius 1 is 1.10 bits per heavy atom. The Morgan fingerprint density at radius 3 is 2.48 bits per heavy atom. The zero-order chi connectivity index (χ0) is 28.7. The lowest BCUT2D eigenvalue weighted by Gasteiger charge is -2.37. The van der Waals surface area contributed by atoms with Gasteiger partial charge in [-0.1, -0.05) is 49.2 Å². The number of hydrogen-bond donors (Lipinski definition) is 1. The molecule has 3 aromatic rings. The van der Waals surface area contributed by atoms with Crippen molar-refractivity contribution in [2.75, 3.05) is 4.90 Å². The molecular formula is C29H30N4O7. The average Bonchev–Trinajstić information content (AvgIpc) is 3.46. The number of aromatic nitrogens is 2. The molecule has 3 aliphatic rings. The van der Waals surface area contributed by atoms with E-state index < -0.39 is 46.9 Å². The van der Waals surface area contributed by atoms with E-state index in [2.05, 4.69) is 4.98 Å². The number of anilines is 1. The summed E-state index contributed by atoms with van der Waals surface area (Å²) in [5, 5.41) is 12.7. The van der Waals surface area contributed by atoms with Crippen molar-refractivity contribution in [1.82, 2.24) is 14.6 Å². The van der Waals surface area contributed by atoms with Crippen LogP contribution in [0.4, 0.5) is 5.69 Å². The number of para-hydroxylation sites is 2. The number of aliphatic hydroxyl groups is 1. The molecule has 0 bridgehead atoms. The molecule has 4 heterocycles. The Balaban J connectivity index is 1.57. The van der Waals surface area contributed by atoms with E-state index in [0.29, 0.717) is 22.2 Å². The van der Waals surface area contributed by atoms with Crippen molar-refractivity contribution in [2.45, 2.75) is 70.5 Å². The van der Waals surface area contributed by atoms with Gasteiger partial charge in [-0.25, -0.2) is 9.78 Å². The number of nitrogens with zero attached hydrogens (tertiary/aromatic N) is 4. The van der Waals surface area contributed by atoms with Gasteiger partial charge in [-0.2, -0.15) is 0 Å². The van der Waals surface area contributed by atoms with Crippen molar-refractivity contribution in [3.8, 4) is 0 Å². The molecule has 1 aromatic heterocycles. The fraction of sp³-hybridized carbons (Fsp3) is 0.414. The van der Waals surface area contributed by atoms with Gasteiger partial charge in [0.15, 0.2) is 11.8 Å². The molecule has 11 heteroatoms. The van der Waals surface area contributed by atoms with E-state index in [4.69, 9.17) is 9.57 Å². The summed E-state index contributed by atoms with van der Waals surface area (Å²) in [6.07, 6.45) is -2.21. The second-order valence-corrected chi connectivity index (χ2v) is 11.4. The van der Waals surface area contributed by atoms with Crippen LogP contribution >= 0.6 is 0 Å². The van der Waals surface area contributed by atoms with Gasteiger partial charge >= 0.3 is 11.9 Å². The fourth-order valence-electron chi connectivity index (χ4n) is 6.18. The number of hydroxylamine groups is 2. The number of esters is 1.